The largest absolute Gasteiger partial charge is 0.341 e. The Hall–Kier alpha value is -1.32. The van der Waals surface area contributed by atoms with Crippen LogP contribution in [0, 0.1) is 0 Å². The highest BCUT2D eigenvalue weighted by molar-refractivity contribution is 9.10. The molecule has 0 unspecified atom stereocenters. The predicted molar refractivity (Wildman–Crippen MR) is 95.1 cm³/mol. The Balaban J connectivity index is 2.35. The molecule has 0 aromatic heterocycles. The first-order chi connectivity index (χ1) is 10.1. The fourth-order valence-electron chi connectivity index (χ4n) is 2.38. The van der Waals surface area contributed by atoms with E-state index in [0.29, 0.717) is 0 Å². The summed E-state index contributed by atoms with van der Waals surface area (Å²) in [6.07, 6.45) is 2.35. The lowest BCUT2D eigenvalue weighted by molar-refractivity contribution is 0.783. The van der Waals surface area contributed by atoms with Crippen LogP contribution in [0.4, 0.5) is 11.4 Å². The van der Waals surface area contributed by atoms with E-state index in [4.69, 9.17) is 5.73 Å². The standard InChI is InChI=1S/C18H23BrN2/c1-3-4-12-21(15-8-6-5-7-9-15)16-10-11-17(14(2)20)18(19)13-16/h5-11,13-14H,3-4,12,20H2,1-2H3/t14-/m0/s1. The van der Waals surface area contributed by atoms with Gasteiger partial charge in [-0.15, -0.1) is 0 Å². The van der Waals surface area contributed by atoms with Crippen LogP contribution >= 0.6 is 15.9 Å². The highest BCUT2D eigenvalue weighted by Gasteiger charge is 2.12. The van der Waals surface area contributed by atoms with Crippen LogP contribution in [-0.4, -0.2) is 6.54 Å². The van der Waals surface area contributed by atoms with Gasteiger partial charge in [-0.2, -0.15) is 0 Å². The van der Waals surface area contributed by atoms with Crippen molar-refractivity contribution >= 4 is 27.3 Å². The average molecular weight is 347 g/mol. The summed E-state index contributed by atoms with van der Waals surface area (Å²) in [5, 5.41) is 0. The zero-order valence-electron chi connectivity index (χ0n) is 12.7. The lowest BCUT2D eigenvalue weighted by Crippen LogP contribution is -2.18. The normalized spacial score (nSPS) is 12.2. The van der Waals surface area contributed by atoms with E-state index in [0.717, 1.165) is 16.6 Å². The van der Waals surface area contributed by atoms with Gasteiger partial charge in [0.2, 0.25) is 0 Å². The van der Waals surface area contributed by atoms with Crippen molar-refractivity contribution in [2.24, 2.45) is 5.73 Å². The van der Waals surface area contributed by atoms with Gasteiger partial charge in [0.15, 0.2) is 0 Å². The maximum Gasteiger partial charge on any atom is 0.0422 e. The van der Waals surface area contributed by atoms with Gasteiger partial charge in [0.05, 0.1) is 0 Å². The molecular weight excluding hydrogens is 324 g/mol. The van der Waals surface area contributed by atoms with Crippen molar-refractivity contribution in [3.8, 4) is 0 Å². The number of halogens is 1. The van der Waals surface area contributed by atoms with E-state index >= 15 is 0 Å². The number of anilines is 2. The van der Waals surface area contributed by atoms with E-state index in [1.165, 1.54) is 24.2 Å². The van der Waals surface area contributed by atoms with E-state index in [1.54, 1.807) is 0 Å². The number of hydrogen-bond donors (Lipinski definition) is 1. The lowest BCUT2D eigenvalue weighted by atomic mass is 10.1. The van der Waals surface area contributed by atoms with Crippen LogP contribution in [-0.2, 0) is 0 Å². The zero-order valence-corrected chi connectivity index (χ0v) is 14.3. The third-order valence-corrected chi connectivity index (χ3v) is 4.28. The van der Waals surface area contributed by atoms with Gasteiger partial charge in [-0.1, -0.05) is 53.5 Å². The molecule has 2 N–H and O–H groups in total. The number of nitrogens with two attached hydrogens (primary N) is 1. The van der Waals surface area contributed by atoms with Gasteiger partial charge >= 0.3 is 0 Å². The first-order valence-electron chi connectivity index (χ1n) is 7.51. The topological polar surface area (TPSA) is 29.3 Å². The Bertz CT molecular complexity index is 567. The summed E-state index contributed by atoms with van der Waals surface area (Å²) >= 11 is 3.65. The average Bonchev–Trinajstić information content (AvgIpc) is 2.48. The smallest absolute Gasteiger partial charge is 0.0422 e. The summed E-state index contributed by atoms with van der Waals surface area (Å²) in [6.45, 7) is 5.24. The van der Waals surface area contributed by atoms with Crippen LogP contribution in [0.25, 0.3) is 0 Å². The van der Waals surface area contributed by atoms with Crippen molar-refractivity contribution in [1.82, 2.24) is 0 Å². The molecule has 2 aromatic rings. The highest BCUT2D eigenvalue weighted by Crippen LogP contribution is 2.31. The highest BCUT2D eigenvalue weighted by atomic mass is 79.9. The van der Waals surface area contributed by atoms with Crippen molar-refractivity contribution in [2.75, 3.05) is 11.4 Å². The van der Waals surface area contributed by atoms with Gasteiger partial charge in [0.25, 0.3) is 0 Å². The molecule has 0 aliphatic carbocycles. The van der Waals surface area contributed by atoms with Crippen LogP contribution in [0.5, 0.6) is 0 Å². The minimum absolute atomic E-state index is 0.0363. The summed E-state index contributed by atoms with van der Waals surface area (Å²) in [5.74, 6) is 0. The van der Waals surface area contributed by atoms with Crippen LogP contribution in [0.3, 0.4) is 0 Å². The Morgan fingerprint density at radius 1 is 1.10 bits per heavy atom. The number of rotatable bonds is 6. The molecule has 0 heterocycles. The molecule has 0 saturated carbocycles. The summed E-state index contributed by atoms with van der Waals surface area (Å²) in [4.78, 5) is 2.36. The summed E-state index contributed by atoms with van der Waals surface area (Å²) in [5.41, 5.74) is 9.56. The maximum atomic E-state index is 5.99. The molecule has 0 amide bonds. The van der Waals surface area contributed by atoms with Crippen LogP contribution in [0.15, 0.2) is 53.0 Å². The Kier molecular flexibility index (Phi) is 5.83. The molecule has 0 saturated heterocycles. The number of nitrogens with zero attached hydrogens (tertiary/aromatic N) is 1. The predicted octanol–water partition coefficient (Wildman–Crippen LogP) is 5.41. The summed E-state index contributed by atoms with van der Waals surface area (Å²) in [6, 6.07) is 17.0. The zero-order chi connectivity index (χ0) is 15.2. The Morgan fingerprint density at radius 3 is 2.38 bits per heavy atom. The van der Waals surface area contributed by atoms with Gasteiger partial charge in [0.1, 0.15) is 0 Å². The first kappa shape index (κ1) is 16.1. The molecule has 0 radical (unpaired) electrons. The van der Waals surface area contributed by atoms with Gasteiger partial charge in [-0.05, 0) is 43.2 Å². The Labute approximate surface area is 136 Å². The van der Waals surface area contributed by atoms with Gasteiger partial charge < -0.3 is 10.6 Å². The molecular formula is C18H23BrN2. The van der Waals surface area contributed by atoms with Crippen molar-refractivity contribution < 1.29 is 0 Å². The van der Waals surface area contributed by atoms with E-state index < -0.39 is 0 Å². The molecule has 0 fully saturated rings. The molecule has 2 nitrogen and oxygen atoms in total. The minimum Gasteiger partial charge on any atom is -0.341 e. The molecule has 2 rings (SSSR count). The van der Waals surface area contributed by atoms with Gasteiger partial charge in [-0.3, -0.25) is 0 Å². The number of hydrogen-bond acceptors (Lipinski definition) is 2. The molecule has 3 heteroatoms. The van der Waals surface area contributed by atoms with E-state index in [9.17, 15) is 0 Å². The molecule has 0 spiro atoms. The van der Waals surface area contributed by atoms with Gasteiger partial charge in [-0.25, -0.2) is 0 Å². The SMILES string of the molecule is CCCCN(c1ccccc1)c1ccc([C@H](C)N)c(Br)c1. The molecule has 0 aliphatic heterocycles. The third-order valence-electron chi connectivity index (χ3n) is 3.59. The van der Waals surface area contributed by atoms with Crippen molar-refractivity contribution in [3.05, 3.63) is 58.6 Å². The third kappa shape index (κ3) is 4.08. The quantitative estimate of drug-likeness (QED) is 0.757. The van der Waals surface area contributed by atoms with E-state index in [-0.39, 0.29) is 6.04 Å². The van der Waals surface area contributed by atoms with Crippen molar-refractivity contribution in [3.63, 3.8) is 0 Å². The van der Waals surface area contributed by atoms with Crippen LogP contribution in [0.2, 0.25) is 0 Å². The molecule has 112 valence electrons. The second kappa shape index (κ2) is 7.62. The summed E-state index contributed by atoms with van der Waals surface area (Å²) < 4.78 is 1.08. The van der Waals surface area contributed by atoms with Crippen molar-refractivity contribution in [1.29, 1.82) is 0 Å². The number of unbranched alkanes of at least 4 members (excludes halogenated alkanes) is 1. The minimum atomic E-state index is 0.0363. The van der Waals surface area contributed by atoms with Crippen molar-refractivity contribution in [2.45, 2.75) is 32.7 Å². The second-order valence-electron chi connectivity index (χ2n) is 5.34. The van der Waals surface area contributed by atoms with Gasteiger partial charge in [0, 0.05) is 28.4 Å². The monoisotopic (exact) mass is 346 g/mol. The maximum absolute atomic E-state index is 5.99. The first-order valence-corrected chi connectivity index (χ1v) is 8.30. The van der Waals surface area contributed by atoms with E-state index in [2.05, 4.69) is 76.3 Å². The molecule has 1 atom stereocenters. The van der Waals surface area contributed by atoms with Crippen LogP contribution < -0.4 is 10.6 Å². The second-order valence-corrected chi connectivity index (χ2v) is 6.19. The molecule has 21 heavy (non-hydrogen) atoms. The fraction of sp³-hybridized carbons (Fsp3) is 0.333. The molecule has 2 aromatic carbocycles. The van der Waals surface area contributed by atoms with E-state index in [1.807, 2.05) is 6.92 Å². The molecule has 0 bridgehead atoms. The lowest BCUT2D eigenvalue weighted by Gasteiger charge is -2.26. The number of para-hydroxylation sites is 1. The fourth-order valence-corrected chi connectivity index (χ4v) is 3.11. The summed E-state index contributed by atoms with van der Waals surface area (Å²) in [7, 11) is 0. The van der Waals surface area contributed by atoms with Crippen LogP contribution in [0.1, 0.15) is 38.3 Å². The Morgan fingerprint density at radius 2 is 1.81 bits per heavy atom. The number of benzene rings is 2. The molecule has 0 aliphatic rings.